The number of amides is 3. The highest BCUT2D eigenvalue weighted by Gasteiger charge is 2.29. The molecule has 1 aliphatic rings. The molecule has 0 aliphatic carbocycles. The quantitative estimate of drug-likeness (QED) is 0.544. The molecule has 0 spiro atoms. The van der Waals surface area contributed by atoms with Gasteiger partial charge in [0.2, 0.25) is 0 Å². The summed E-state index contributed by atoms with van der Waals surface area (Å²) in [6.45, 7) is 0. The number of imide groups is 1. The molecule has 2 rings (SSSR count). The number of aromatic hydroxyl groups is 1. The van der Waals surface area contributed by atoms with E-state index in [-0.39, 0.29) is 17.4 Å². The van der Waals surface area contributed by atoms with Crippen molar-refractivity contribution in [2.24, 2.45) is 0 Å². The van der Waals surface area contributed by atoms with Crippen LogP contribution in [0.1, 0.15) is 5.56 Å². The predicted octanol–water partition coefficient (Wildman–Crippen LogP) is 0.915. The highest BCUT2D eigenvalue weighted by atomic mass is 16.3. The first-order valence-corrected chi connectivity index (χ1v) is 4.67. The SMILES string of the molecule is CN1C(=O)N/C(=C\c2cccc(O)c2)C1=O. The van der Waals surface area contributed by atoms with Crippen molar-refractivity contribution in [2.45, 2.75) is 0 Å². The van der Waals surface area contributed by atoms with E-state index >= 15 is 0 Å². The van der Waals surface area contributed by atoms with Crippen LogP contribution in [0.15, 0.2) is 30.0 Å². The fourth-order valence-electron chi connectivity index (χ4n) is 1.40. The van der Waals surface area contributed by atoms with E-state index in [4.69, 9.17) is 0 Å². The Morgan fingerprint density at radius 1 is 1.38 bits per heavy atom. The second-order valence-electron chi connectivity index (χ2n) is 3.45. The number of phenols is 1. The topological polar surface area (TPSA) is 69.6 Å². The number of urea groups is 1. The number of hydrogen-bond donors (Lipinski definition) is 2. The van der Waals surface area contributed by atoms with E-state index in [1.807, 2.05) is 0 Å². The van der Waals surface area contributed by atoms with Crippen LogP contribution in [0.5, 0.6) is 5.75 Å². The van der Waals surface area contributed by atoms with Gasteiger partial charge in [-0.3, -0.25) is 9.69 Å². The van der Waals surface area contributed by atoms with E-state index < -0.39 is 6.03 Å². The molecule has 5 heteroatoms. The molecular weight excluding hydrogens is 208 g/mol. The number of nitrogens with zero attached hydrogens (tertiary/aromatic N) is 1. The number of likely N-dealkylation sites (N-methyl/N-ethyl adjacent to an activating group) is 1. The van der Waals surface area contributed by atoms with Gasteiger partial charge >= 0.3 is 6.03 Å². The van der Waals surface area contributed by atoms with Gasteiger partial charge in [0.1, 0.15) is 11.4 Å². The van der Waals surface area contributed by atoms with Crippen LogP contribution in [0.2, 0.25) is 0 Å². The summed E-state index contributed by atoms with van der Waals surface area (Å²) >= 11 is 0. The fraction of sp³-hybridized carbons (Fsp3) is 0.0909. The number of carbonyl (C=O) groups excluding carboxylic acids is 2. The molecule has 1 saturated heterocycles. The van der Waals surface area contributed by atoms with E-state index in [0.717, 1.165) is 4.90 Å². The Balaban J connectivity index is 2.33. The summed E-state index contributed by atoms with van der Waals surface area (Å²) in [5, 5.41) is 11.7. The molecule has 82 valence electrons. The lowest BCUT2D eigenvalue weighted by Crippen LogP contribution is -2.25. The van der Waals surface area contributed by atoms with E-state index in [0.29, 0.717) is 5.56 Å². The molecule has 2 N–H and O–H groups in total. The largest absolute Gasteiger partial charge is 0.508 e. The van der Waals surface area contributed by atoms with Gasteiger partial charge in [-0.1, -0.05) is 12.1 Å². The molecule has 1 aromatic rings. The smallest absolute Gasteiger partial charge is 0.328 e. The number of nitrogens with one attached hydrogen (secondary N) is 1. The second kappa shape index (κ2) is 3.69. The molecule has 1 heterocycles. The first kappa shape index (κ1) is 10.2. The maximum Gasteiger partial charge on any atom is 0.328 e. The molecule has 5 nitrogen and oxygen atoms in total. The number of rotatable bonds is 1. The minimum atomic E-state index is -0.448. The average molecular weight is 218 g/mol. The third-order valence-electron chi connectivity index (χ3n) is 2.26. The summed E-state index contributed by atoms with van der Waals surface area (Å²) in [7, 11) is 1.40. The van der Waals surface area contributed by atoms with Crippen molar-refractivity contribution in [3.05, 3.63) is 35.5 Å². The number of hydrogen-bond acceptors (Lipinski definition) is 3. The summed E-state index contributed by atoms with van der Waals surface area (Å²) in [5.74, 6) is -0.271. The molecule has 0 saturated carbocycles. The van der Waals surface area contributed by atoms with Gasteiger partial charge in [0.25, 0.3) is 5.91 Å². The first-order chi connectivity index (χ1) is 7.58. The fourth-order valence-corrected chi connectivity index (χ4v) is 1.40. The van der Waals surface area contributed by atoms with Crippen molar-refractivity contribution >= 4 is 18.0 Å². The third kappa shape index (κ3) is 1.75. The van der Waals surface area contributed by atoms with Gasteiger partial charge in [0, 0.05) is 7.05 Å². The van der Waals surface area contributed by atoms with Crippen LogP contribution in [-0.4, -0.2) is 29.0 Å². The maximum absolute atomic E-state index is 11.5. The lowest BCUT2D eigenvalue weighted by atomic mass is 10.2. The molecule has 0 atom stereocenters. The third-order valence-corrected chi connectivity index (χ3v) is 2.26. The molecule has 1 aliphatic heterocycles. The van der Waals surface area contributed by atoms with Crippen molar-refractivity contribution < 1.29 is 14.7 Å². The van der Waals surface area contributed by atoms with Crippen LogP contribution in [0, 0.1) is 0 Å². The summed E-state index contributed by atoms with van der Waals surface area (Å²) in [6.07, 6.45) is 1.52. The summed E-state index contributed by atoms with van der Waals surface area (Å²) in [6, 6.07) is 5.97. The van der Waals surface area contributed by atoms with E-state index in [9.17, 15) is 14.7 Å². The van der Waals surface area contributed by atoms with Gasteiger partial charge in [-0.05, 0) is 23.8 Å². The Morgan fingerprint density at radius 2 is 2.12 bits per heavy atom. The highest BCUT2D eigenvalue weighted by molar-refractivity contribution is 6.13. The molecule has 1 fully saturated rings. The number of phenolic OH excluding ortho intramolecular Hbond substituents is 1. The molecule has 3 amide bonds. The van der Waals surface area contributed by atoms with Crippen LogP contribution < -0.4 is 5.32 Å². The zero-order valence-electron chi connectivity index (χ0n) is 8.60. The lowest BCUT2D eigenvalue weighted by Gasteiger charge is -1.99. The van der Waals surface area contributed by atoms with E-state index in [2.05, 4.69) is 5.32 Å². The van der Waals surface area contributed by atoms with Crippen LogP contribution >= 0.6 is 0 Å². The minimum Gasteiger partial charge on any atom is -0.508 e. The van der Waals surface area contributed by atoms with Crippen LogP contribution in [0.25, 0.3) is 6.08 Å². The summed E-state index contributed by atoms with van der Waals surface area (Å²) in [5.41, 5.74) is 0.858. The molecule has 0 radical (unpaired) electrons. The number of benzene rings is 1. The molecule has 0 unspecified atom stereocenters. The van der Waals surface area contributed by atoms with Gasteiger partial charge in [-0.25, -0.2) is 4.79 Å². The van der Waals surface area contributed by atoms with Crippen molar-refractivity contribution in [3.8, 4) is 5.75 Å². The van der Waals surface area contributed by atoms with Crippen molar-refractivity contribution in [1.82, 2.24) is 10.2 Å². The standard InChI is InChI=1S/C11H10N2O3/c1-13-10(15)9(12-11(13)16)6-7-3-2-4-8(14)5-7/h2-6,14H,1H3,(H,12,16)/b9-6-. The second-order valence-corrected chi connectivity index (χ2v) is 3.45. The molecule has 0 bridgehead atoms. The summed E-state index contributed by atoms with van der Waals surface area (Å²) < 4.78 is 0. The maximum atomic E-state index is 11.5. The average Bonchev–Trinajstić information content (AvgIpc) is 2.47. The van der Waals surface area contributed by atoms with Gasteiger partial charge in [-0.15, -0.1) is 0 Å². The molecule has 16 heavy (non-hydrogen) atoms. The Morgan fingerprint density at radius 3 is 2.69 bits per heavy atom. The van der Waals surface area contributed by atoms with Crippen molar-refractivity contribution in [1.29, 1.82) is 0 Å². The zero-order chi connectivity index (χ0) is 11.7. The van der Waals surface area contributed by atoms with Crippen LogP contribution in [0.3, 0.4) is 0 Å². The minimum absolute atomic E-state index is 0.111. The Hall–Kier alpha value is -2.30. The predicted molar refractivity (Wildman–Crippen MR) is 57.4 cm³/mol. The molecule has 1 aromatic carbocycles. The first-order valence-electron chi connectivity index (χ1n) is 4.67. The Bertz CT molecular complexity index is 494. The zero-order valence-corrected chi connectivity index (χ0v) is 8.60. The number of carbonyl (C=O) groups is 2. The summed E-state index contributed by atoms with van der Waals surface area (Å²) in [4.78, 5) is 23.7. The highest BCUT2D eigenvalue weighted by Crippen LogP contribution is 2.16. The monoisotopic (exact) mass is 218 g/mol. The van der Waals surface area contributed by atoms with E-state index in [1.165, 1.54) is 25.3 Å². The van der Waals surface area contributed by atoms with Crippen molar-refractivity contribution in [2.75, 3.05) is 7.05 Å². The van der Waals surface area contributed by atoms with E-state index in [1.54, 1.807) is 12.1 Å². The Labute approximate surface area is 92.0 Å². The molecule has 0 aromatic heterocycles. The Kier molecular flexibility index (Phi) is 2.36. The van der Waals surface area contributed by atoms with Gasteiger partial charge in [0.05, 0.1) is 0 Å². The lowest BCUT2D eigenvalue weighted by molar-refractivity contribution is -0.121. The van der Waals surface area contributed by atoms with Gasteiger partial charge < -0.3 is 10.4 Å². The molecular formula is C11H10N2O3. The van der Waals surface area contributed by atoms with Crippen LogP contribution in [0.4, 0.5) is 4.79 Å². The van der Waals surface area contributed by atoms with Gasteiger partial charge in [-0.2, -0.15) is 0 Å². The van der Waals surface area contributed by atoms with Crippen molar-refractivity contribution in [3.63, 3.8) is 0 Å². The van der Waals surface area contributed by atoms with Gasteiger partial charge in [0.15, 0.2) is 0 Å². The normalized spacial score (nSPS) is 18.1. The van der Waals surface area contributed by atoms with Crippen LogP contribution in [-0.2, 0) is 4.79 Å².